The van der Waals surface area contributed by atoms with Gasteiger partial charge in [-0.05, 0) is 37.1 Å². The third-order valence-corrected chi connectivity index (χ3v) is 4.39. The van der Waals surface area contributed by atoms with Gasteiger partial charge in [-0.2, -0.15) is 13.2 Å². The molecule has 0 saturated carbocycles. The quantitative estimate of drug-likeness (QED) is 0.855. The van der Waals surface area contributed by atoms with Gasteiger partial charge in [0.05, 0.1) is 11.9 Å². The molecule has 1 fully saturated rings. The van der Waals surface area contributed by atoms with Crippen LogP contribution in [0, 0.1) is 5.41 Å². The maximum absolute atomic E-state index is 13.5. The number of hydrogen-bond acceptors (Lipinski definition) is 4. The lowest BCUT2D eigenvalue weighted by molar-refractivity contribution is -0.237. The second-order valence-electron chi connectivity index (χ2n) is 6.07. The van der Waals surface area contributed by atoms with E-state index in [1.165, 1.54) is 12.3 Å². The average Bonchev–Trinajstić information content (AvgIpc) is 2.64. The van der Waals surface area contributed by atoms with Crippen molar-refractivity contribution >= 4 is 23.1 Å². The summed E-state index contributed by atoms with van der Waals surface area (Å²) in [7, 11) is 0. The summed E-state index contributed by atoms with van der Waals surface area (Å²) in [4.78, 5) is 16.5. The van der Waals surface area contributed by atoms with Gasteiger partial charge in [0.25, 0.3) is 0 Å². The number of nitrogens with zero attached hydrogens (tertiary/aromatic N) is 1. The third kappa shape index (κ3) is 3.80. The van der Waals surface area contributed by atoms with Crippen LogP contribution in [0.5, 0.6) is 0 Å². The van der Waals surface area contributed by atoms with Gasteiger partial charge in [0.15, 0.2) is 0 Å². The molecule has 0 spiro atoms. The largest absolute Gasteiger partial charge is 0.403 e. The molecule has 26 heavy (non-hydrogen) atoms. The van der Waals surface area contributed by atoms with Crippen LogP contribution in [0.1, 0.15) is 12.8 Å². The zero-order chi connectivity index (χ0) is 18.6. The lowest BCUT2D eigenvalue weighted by atomic mass is 9.78. The predicted molar refractivity (Wildman–Crippen MR) is 91.1 cm³/mol. The summed E-state index contributed by atoms with van der Waals surface area (Å²) in [6.45, 7) is -0.184. The number of amides is 1. The summed E-state index contributed by atoms with van der Waals surface area (Å²) >= 11 is 0. The van der Waals surface area contributed by atoms with Crippen molar-refractivity contribution in [1.82, 2.24) is 4.98 Å². The highest BCUT2D eigenvalue weighted by molar-refractivity contribution is 5.96. The second-order valence-corrected chi connectivity index (χ2v) is 6.07. The molecule has 1 aromatic carbocycles. The Morgan fingerprint density at radius 1 is 1.04 bits per heavy atom. The first-order chi connectivity index (χ1) is 12.4. The Labute approximate surface area is 148 Å². The number of ether oxygens (including phenoxy) is 1. The molecule has 1 aliphatic rings. The SMILES string of the molecule is O=C(Nc1ccc(Nc2ccccc2)nc1)C1(C(F)(F)F)CCOCC1. The topological polar surface area (TPSA) is 63.2 Å². The molecule has 138 valence electrons. The van der Waals surface area contributed by atoms with Crippen LogP contribution in [0.4, 0.5) is 30.4 Å². The number of alkyl halides is 3. The molecule has 0 bridgehead atoms. The lowest BCUT2D eigenvalue weighted by Crippen LogP contribution is -2.51. The van der Waals surface area contributed by atoms with Crippen molar-refractivity contribution in [2.24, 2.45) is 5.41 Å². The van der Waals surface area contributed by atoms with E-state index in [0.717, 1.165) is 5.69 Å². The molecule has 0 aliphatic carbocycles. The Kier molecular flexibility index (Phi) is 5.13. The molecule has 8 heteroatoms. The maximum atomic E-state index is 13.5. The van der Waals surface area contributed by atoms with Crippen LogP contribution >= 0.6 is 0 Å². The minimum atomic E-state index is -4.64. The van der Waals surface area contributed by atoms with Crippen LogP contribution in [-0.4, -0.2) is 30.3 Å². The number of anilines is 3. The normalized spacial score (nSPS) is 16.7. The summed E-state index contributed by atoms with van der Waals surface area (Å²) in [5, 5.41) is 5.40. The number of pyridine rings is 1. The second kappa shape index (κ2) is 7.33. The van der Waals surface area contributed by atoms with Crippen molar-refractivity contribution in [3.8, 4) is 0 Å². The van der Waals surface area contributed by atoms with Gasteiger partial charge in [-0.3, -0.25) is 4.79 Å². The highest BCUT2D eigenvalue weighted by Gasteiger charge is 2.60. The van der Waals surface area contributed by atoms with E-state index >= 15 is 0 Å². The molecule has 2 N–H and O–H groups in total. The molecule has 0 unspecified atom stereocenters. The number of aromatic nitrogens is 1. The standard InChI is InChI=1S/C18H18F3N3O2/c19-18(20,21)17(8-10-26-11-9-17)16(25)24-14-6-7-15(22-12-14)23-13-4-2-1-3-5-13/h1-7,12H,8-11H2,(H,22,23)(H,24,25). The number of rotatable bonds is 4. The zero-order valence-corrected chi connectivity index (χ0v) is 13.8. The molecule has 1 aromatic heterocycles. The van der Waals surface area contributed by atoms with Crippen molar-refractivity contribution in [3.05, 3.63) is 48.7 Å². The van der Waals surface area contributed by atoms with Crippen molar-refractivity contribution < 1.29 is 22.7 Å². The Morgan fingerprint density at radius 3 is 2.31 bits per heavy atom. The maximum Gasteiger partial charge on any atom is 0.403 e. The van der Waals surface area contributed by atoms with Crippen molar-refractivity contribution in [1.29, 1.82) is 0 Å². The summed E-state index contributed by atoms with van der Waals surface area (Å²) in [6, 6.07) is 12.4. The van der Waals surface area contributed by atoms with Crippen LogP contribution in [-0.2, 0) is 9.53 Å². The van der Waals surface area contributed by atoms with Gasteiger partial charge in [0, 0.05) is 18.9 Å². The highest BCUT2D eigenvalue weighted by atomic mass is 19.4. The van der Waals surface area contributed by atoms with Crippen LogP contribution < -0.4 is 10.6 Å². The van der Waals surface area contributed by atoms with Gasteiger partial charge < -0.3 is 15.4 Å². The average molecular weight is 365 g/mol. The Bertz CT molecular complexity index is 743. The number of carbonyl (C=O) groups excluding carboxylic acids is 1. The Hall–Kier alpha value is -2.61. The molecule has 2 heterocycles. The summed E-state index contributed by atoms with van der Waals surface area (Å²) in [5.41, 5.74) is -1.38. The molecular formula is C18H18F3N3O2. The number of carbonyl (C=O) groups is 1. The highest BCUT2D eigenvalue weighted by Crippen LogP contribution is 2.46. The molecule has 0 atom stereocenters. The van der Waals surface area contributed by atoms with Crippen LogP contribution in [0.3, 0.4) is 0 Å². The van der Waals surface area contributed by atoms with Crippen LogP contribution in [0.2, 0.25) is 0 Å². The fourth-order valence-corrected chi connectivity index (χ4v) is 2.82. The first kappa shape index (κ1) is 18.2. The van der Waals surface area contributed by atoms with E-state index in [-0.39, 0.29) is 31.7 Å². The van der Waals surface area contributed by atoms with Gasteiger partial charge in [0.2, 0.25) is 5.91 Å². The molecule has 5 nitrogen and oxygen atoms in total. The van der Waals surface area contributed by atoms with Gasteiger partial charge in [-0.15, -0.1) is 0 Å². The van der Waals surface area contributed by atoms with Gasteiger partial charge in [0.1, 0.15) is 11.2 Å². The lowest BCUT2D eigenvalue weighted by Gasteiger charge is -2.37. The zero-order valence-electron chi connectivity index (χ0n) is 13.8. The molecule has 1 aliphatic heterocycles. The van der Waals surface area contributed by atoms with Crippen LogP contribution in [0.15, 0.2) is 48.7 Å². The van der Waals surface area contributed by atoms with E-state index in [0.29, 0.717) is 5.82 Å². The van der Waals surface area contributed by atoms with Gasteiger partial charge in [-0.25, -0.2) is 4.98 Å². The summed E-state index contributed by atoms with van der Waals surface area (Å²) in [6.07, 6.45) is -4.08. The number of para-hydroxylation sites is 1. The smallest absolute Gasteiger partial charge is 0.381 e. The Balaban J connectivity index is 1.70. The molecular weight excluding hydrogens is 347 g/mol. The number of nitrogens with one attached hydrogen (secondary N) is 2. The number of hydrogen-bond donors (Lipinski definition) is 2. The van der Waals surface area contributed by atoms with Gasteiger partial charge in [-0.1, -0.05) is 18.2 Å². The molecule has 2 aromatic rings. The molecule has 0 radical (unpaired) electrons. The van der Waals surface area contributed by atoms with Crippen LogP contribution in [0.25, 0.3) is 0 Å². The molecule has 3 rings (SSSR count). The predicted octanol–water partition coefficient (Wildman–Crippen LogP) is 4.12. The summed E-state index contributed by atoms with van der Waals surface area (Å²) < 4.78 is 45.5. The van der Waals surface area contributed by atoms with E-state index in [4.69, 9.17) is 4.74 Å². The van der Waals surface area contributed by atoms with E-state index in [2.05, 4.69) is 15.6 Å². The third-order valence-electron chi connectivity index (χ3n) is 4.39. The van der Waals surface area contributed by atoms with Crippen molar-refractivity contribution in [3.63, 3.8) is 0 Å². The van der Waals surface area contributed by atoms with E-state index in [9.17, 15) is 18.0 Å². The fraction of sp³-hybridized carbons (Fsp3) is 0.333. The molecule has 1 amide bonds. The number of halogens is 3. The first-order valence-corrected chi connectivity index (χ1v) is 8.15. The number of benzene rings is 1. The Morgan fingerprint density at radius 2 is 1.73 bits per heavy atom. The van der Waals surface area contributed by atoms with Crippen molar-refractivity contribution in [2.45, 2.75) is 19.0 Å². The fourth-order valence-electron chi connectivity index (χ4n) is 2.82. The van der Waals surface area contributed by atoms with E-state index < -0.39 is 17.5 Å². The van der Waals surface area contributed by atoms with Crippen molar-refractivity contribution in [2.75, 3.05) is 23.8 Å². The summed E-state index contributed by atoms with van der Waals surface area (Å²) in [5.74, 6) is -0.551. The monoisotopic (exact) mass is 365 g/mol. The minimum absolute atomic E-state index is 0.0921. The minimum Gasteiger partial charge on any atom is -0.381 e. The van der Waals surface area contributed by atoms with E-state index in [1.807, 2.05) is 30.3 Å². The van der Waals surface area contributed by atoms with E-state index in [1.54, 1.807) is 6.07 Å². The van der Waals surface area contributed by atoms with Gasteiger partial charge >= 0.3 is 6.18 Å². The molecule has 1 saturated heterocycles. The first-order valence-electron chi connectivity index (χ1n) is 8.15.